The first-order valence-corrected chi connectivity index (χ1v) is 7.63. The molecular weight excluding hydrogens is 228 g/mol. The summed E-state index contributed by atoms with van der Waals surface area (Å²) in [5.41, 5.74) is 2.31. The van der Waals surface area contributed by atoms with Gasteiger partial charge in [0.15, 0.2) is 0 Å². The summed E-state index contributed by atoms with van der Waals surface area (Å²) >= 11 is 1.78. The molecule has 1 heterocycles. The van der Waals surface area contributed by atoms with Crippen molar-refractivity contribution in [3.05, 3.63) is 24.0 Å². The van der Waals surface area contributed by atoms with Gasteiger partial charge in [0.05, 0.1) is 11.0 Å². The van der Waals surface area contributed by atoms with Crippen LogP contribution in [0.5, 0.6) is 0 Å². The normalized spacial score (nSPS) is 17.7. The molecule has 0 unspecified atom stereocenters. The van der Waals surface area contributed by atoms with Crippen molar-refractivity contribution in [2.24, 2.45) is 0 Å². The number of benzene rings is 1. The Morgan fingerprint density at radius 2 is 2.06 bits per heavy atom. The molecule has 0 saturated heterocycles. The van der Waals surface area contributed by atoms with Gasteiger partial charge in [-0.2, -0.15) is 0 Å². The van der Waals surface area contributed by atoms with Crippen LogP contribution in [0.25, 0.3) is 11.0 Å². The van der Waals surface area contributed by atoms with Crippen LogP contribution < -0.4 is 0 Å². The van der Waals surface area contributed by atoms with Gasteiger partial charge in [-0.1, -0.05) is 19.3 Å². The number of hydrogen-bond donors (Lipinski definition) is 1. The largest absolute Gasteiger partial charge is 0.342 e. The Balaban J connectivity index is 1.95. The Labute approximate surface area is 106 Å². The van der Waals surface area contributed by atoms with E-state index in [2.05, 4.69) is 29.4 Å². The summed E-state index contributed by atoms with van der Waals surface area (Å²) in [6, 6.07) is 6.49. The average molecular weight is 246 g/mol. The van der Waals surface area contributed by atoms with Crippen molar-refractivity contribution in [2.45, 2.75) is 42.9 Å². The molecule has 2 nitrogen and oxygen atoms in total. The molecule has 90 valence electrons. The van der Waals surface area contributed by atoms with Gasteiger partial charge in [0.2, 0.25) is 0 Å². The molecule has 1 aliphatic rings. The number of nitrogens with one attached hydrogen (secondary N) is 1. The number of H-pyrrole nitrogens is 1. The van der Waals surface area contributed by atoms with Crippen LogP contribution >= 0.6 is 11.8 Å². The van der Waals surface area contributed by atoms with E-state index < -0.39 is 0 Å². The molecule has 1 saturated carbocycles. The Morgan fingerprint density at radius 1 is 1.24 bits per heavy atom. The third-order valence-corrected chi connectivity index (χ3v) is 4.42. The lowest BCUT2D eigenvalue weighted by atomic mass is 9.89. The van der Waals surface area contributed by atoms with Gasteiger partial charge in [0.1, 0.15) is 5.82 Å². The third kappa shape index (κ3) is 2.21. The molecule has 0 radical (unpaired) electrons. The molecule has 2 aromatic rings. The molecule has 1 aliphatic carbocycles. The maximum atomic E-state index is 4.75. The van der Waals surface area contributed by atoms with Crippen LogP contribution in [0.4, 0.5) is 0 Å². The second-order valence-corrected chi connectivity index (χ2v) is 5.72. The maximum Gasteiger partial charge on any atom is 0.110 e. The van der Waals surface area contributed by atoms with Gasteiger partial charge in [-0.05, 0) is 37.3 Å². The number of rotatable bonds is 2. The Bertz CT molecular complexity index is 512. The van der Waals surface area contributed by atoms with Crippen LogP contribution in [-0.2, 0) is 0 Å². The summed E-state index contributed by atoms with van der Waals surface area (Å²) in [5.74, 6) is 1.87. The zero-order chi connectivity index (χ0) is 11.7. The van der Waals surface area contributed by atoms with Gasteiger partial charge in [-0.3, -0.25) is 0 Å². The summed E-state index contributed by atoms with van der Waals surface area (Å²) in [6.45, 7) is 0. The van der Waals surface area contributed by atoms with Crippen molar-refractivity contribution in [1.82, 2.24) is 9.97 Å². The molecule has 3 heteroatoms. The molecule has 1 aromatic heterocycles. The van der Waals surface area contributed by atoms with Crippen molar-refractivity contribution in [3.63, 3.8) is 0 Å². The average Bonchev–Trinajstić information content (AvgIpc) is 2.82. The first-order valence-electron chi connectivity index (χ1n) is 6.40. The zero-order valence-electron chi connectivity index (χ0n) is 10.2. The number of aromatic nitrogens is 2. The predicted octanol–water partition coefficient (Wildman–Crippen LogP) is 4.33. The van der Waals surface area contributed by atoms with Gasteiger partial charge in [0.25, 0.3) is 0 Å². The van der Waals surface area contributed by atoms with Crippen molar-refractivity contribution >= 4 is 22.8 Å². The third-order valence-electron chi connectivity index (χ3n) is 3.70. The van der Waals surface area contributed by atoms with E-state index >= 15 is 0 Å². The van der Waals surface area contributed by atoms with Crippen molar-refractivity contribution in [3.8, 4) is 0 Å². The fourth-order valence-corrected chi connectivity index (χ4v) is 3.14. The van der Waals surface area contributed by atoms with Crippen LogP contribution in [0.1, 0.15) is 43.8 Å². The highest BCUT2D eigenvalue weighted by Gasteiger charge is 2.18. The second kappa shape index (κ2) is 4.73. The number of thioether (sulfide) groups is 1. The van der Waals surface area contributed by atoms with E-state index in [0.29, 0.717) is 5.92 Å². The minimum absolute atomic E-state index is 0.661. The van der Waals surface area contributed by atoms with Crippen LogP contribution in [-0.4, -0.2) is 16.2 Å². The Morgan fingerprint density at radius 3 is 2.82 bits per heavy atom. The van der Waals surface area contributed by atoms with Crippen molar-refractivity contribution < 1.29 is 0 Å². The van der Waals surface area contributed by atoms with E-state index in [1.807, 2.05) is 0 Å². The minimum atomic E-state index is 0.661. The Hall–Kier alpha value is -0.960. The van der Waals surface area contributed by atoms with Gasteiger partial charge >= 0.3 is 0 Å². The first-order chi connectivity index (χ1) is 8.36. The molecule has 0 spiro atoms. The monoisotopic (exact) mass is 246 g/mol. The van der Waals surface area contributed by atoms with E-state index in [1.165, 1.54) is 48.3 Å². The molecule has 1 aromatic carbocycles. The quantitative estimate of drug-likeness (QED) is 0.799. The van der Waals surface area contributed by atoms with Gasteiger partial charge < -0.3 is 4.98 Å². The van der Waals surface area contributed by atoms with Gasteiger partial charge in [0, 0.05) is 10.8 Å². The van der Waals surface area contributed by atoms with E-state index in [1.54, 1.807) is 11.8 Å². The highest BCUT2D eigenvalue weighted by atomic mass is 32.2. The standard InChI is InChI=1S/C14H18N2S/c1-17-11-7-8-12-13(9-11)16-14(15-12)10-5-3-2-4-6-10/h7-10H,2-6H2,1H3,(H,15,16). The van der Waals surface area contributed by atoms with Crippen LogP contribution in [0.2, 0.25) is 0 Å². The number of nitrogens with zero attached hydrogens (tertiary/aromatic N) is 1. The van der Waals surface area contributed by atoms with Crippen LogP contribution in [0, 0.1) is 0 Å². The van der Waals surface area contributed by atoms with Crippen LogP contribution in [0.3, 0.4) is 0 Å². The van der Waals surface area contributed by atoms with E-state index in [0.717, 1.165) is 5.52 Å². The summed E-state index contributed by atoms with van der Waals surface area (Å²) in [4.78, 5) is 9.56. The molecule has 1 fully saturated rings. The van der Waals surface area contributed by atoms with Gasteiger partial charge in [-0.15, -0.1) is 11.8 Å². The lowest BCUT2D eigenvalue weighted by Gasteiger charge is -2.18. The molecule has 3 rings (SSSR count). The minimum Gasteiger partial charge on any atom is -0.342 e. The smallest absolute Gasteiger partial charge is 0.110 e. The second-order valence-electron chi connectivity index (χ2n) is 4.84. The lowest BCUT2D eigenvalue weighted by molar-refractivity contribution is 0.431. The van der Waals surface area contributed by atoms with E-state index in [9.17, 15) is 0 Å². The summed E-state index contributed by atoms with van der Waals surface area (Å²) in [5, 5.41) is 0. The lowest BCUT2D eigenvalue weighted by Crippen LogP contribution is -2.05. The molecule has 1 N–H and O–H groups in total. The van der Waals surface area contributed by atoms with E-state index in [-0.39, 0.29) is 0 Å². The zero-order valence-corrected chi connectivity index (χ0v) is 11.0. The Kier molecular flexibility index (Phi) is 3.10. The molecule has 17 heavy (non-hydrogen) atoms. The number of aromatic amines is 1. The van der Waals surface area contributed by atoms with Crippen molar-refractivity contribution in [1.29, 1.82) is 0 Å². The number of imidazole rings is 1. The molecule has 0 bridgehead atoms. The van der Waals surface area contributed by atoms with Crippen molar-refractivity contribution in [2.75, 3.05) is 6.26 Å². The number of fused-ring (bicyclic) bond motifs is 1. The first kappa shape index (κ1) is 11.1. The predicted molar refractivity (Wildman–Crippen MR) is 73.7 cm³/mol. The highest BCUT2D eigenvalue weighted by molar-refractivity contribution is 7.98. The fraction of sp³-hybridized carbons (Fsp3) is 0.500. The molecule has 0 atom stereocenters. The summed E-state index contributed by atoms with van der Waals surface area (Å²) in [6.07, 6.45) is 8.83. The van der Waals surface area contributed by atoms with Gasteiger partial charge in [-0.25, -0.2) is 4.98 Å². The van der Waals surface area contributed by atoms with Crippen LogP contribution in [0.15, 0.2) is 23.1 Å². The SMILES string of the molecule is CSc1ccc2nc(C3CCCCC3)[nH]c2c1. The molecule has 0 aliphatic heterocycles. The summed E-state index contributed by atoms with van der Waals surface area (Å²) in [7, 11) is 0. The van der Waals surface area contributed by atoms with E-state index in [4.69, 9.17) is 4.98 Å². The highest BCUT2D eigenvalue weighted by Crippen LogP contribution is 2.32. The topological polar surface area (TPSA) is 28.7 Å². The molecule has 0 amide bonds. The molecular formula is C14H18N2S. The maximum absolute atomic E-state index is 4.75. The fourth-order valence-electron chi connectivity index (χ4n) is 2.70. The summed E-state index contributed by atoms with van der Waals surface area (Å²) < 4.78 is 0. The number of hydrogen-bond acceptors (Lipinski definition) is 2.